The Balaban J connectivity index is 1.59. The van der Waals surface area contributed by atoms with Gasteiger partial charge in [-0.05, 0) is 36.4 Å². The summed E-state index contributed by atoms with van der Waals surface area (Å²) in [5, 5.41) is 18.9. The minimum absolute atomic E-state index is 0.111. The first-order valence-corrected chi connectivity index (χ1v) is 9.15. The molecule has 0 fully saturated rings. The molecule has 0 saturated carbocycles. The lowest BCUT2D eigenvalue weighted by Gasteiger charge is -2.09. The van der Waals surface area contributed by atoms with Crippen LogP contribution in [0, 0.1) is 0 Å². The van der Waals surface area contributed by atoms with E-state index in [1.54, 1.807) is 30.7 Å². The summed E-state index contributed by atoms with van der Waals surface area (Å²) in [7, 11) is 1.60. The van der Waals surface area contributed by atoms with Crippen molar-refractivity contribution >= 4 is 39.8 Å². The highest BCUT2D eigenvalue weighted by molar-refractivity contribution is 7.14. The number of anilines is 3. The van der Waals surface area contributed by atoms with E-state index in [9.17, 15) is 9.59 Å². The van der Waals surface area contributed by atoms with Crippen LogP contribution in [-0.4, -0.2) is 35.7 Å². The fourth-order valence-electron chi connectivity index (χ4n) is 2.41. The van der Waals surface area contributed by atoms with E-state index < -0.39 is 6.09 Å². The number of nitrogens with one attached hydrogen (secondary N) is 3. The number of benzene rings is 2. The maximum Gasteiger partial charge on any atom is 0.410 e. The minimum Gasteiger partial charge on any atom is -0.497 e. The molecule has 1 heterocycles. The zero-order chi connectivity index (χ0) is 19.9. The summed E-state index contributed by atoms with van der Waals surface area (Å²) in [4.78, 5) is 27.1. The number of rotatable bonds is 7. The number of aromatic nitrogens is 1. The Kier molecular flexibility index (Phi) is 6.07. The SMILES string of the molecule is COc1ccc(NCC(=O)Nc2cccc(-c3csc(NC(=O)O)n3)c2)cc1. The summed E-state index contributed by atoms with van der Waals surface area (Å²) < 4.78 is 5.10. The van der Waals surface area contributed by atoms with Crippen LogP contribution in [0.15, 0.2) is 53.9 Å². The molecule has 9 heteroatoms. The molecular weight excluding hydrogens is 380 g/mol. The molecule has 1 aromatic heterocycles. The fourth-order valence-corrected chi connectivity index (χ4v) is 3.12. The van der Waals surface area contributed by atoms with E-state index in [-0.39, 0.29) is 12.5 Å². The third kappa shape index (κ3) is 5.21. The quantitative estimate of drug-likeness (QED) is 0.479. The molecule has 3 rings (SSSR count). The van der Waals surface area contributed by atoms with Gasteiger partial charge >= 0.3 is 6.09 Å². The number of thiazole rings is 1. The molecule has 0 saturated heterocycles. The third-order valence-corrected chi connectivity index (χ3v) is 4.46. The molecule has 2 amide bonds. The van der Waals surface area contributed by atoms with E-state index in [0.29, 0.717) is 16.5 Å². The molecular formula is C19H18N4O4S. The summed E-state index contributed by atoms with van der Waals surface area (Å²) in [6, 6.07) is 14.5. The highest BCUT2D eigenvalue weighted by Gasteiger charge is 2.08. The predicted octanol–water partition coefficient (Wildman–Crippen LogP) is 3.96. The molecule has 0 aliphatic carbocycles. The van der Waals surface area contributed by atoms with Crippen molar-refractivity contribution < 1.29 is 19.4 Å². The minimum atomic E-state index is -1.16. The molecule has 144 valence electrons. The number of carboxylic acid groups (broad SMARTS) is 1. The van der Waals surface area contributed by atoms with Crippen molar-refractivity contribution in [3.8, 4) is 17.0 Å². The van der Waals surface area contributed by atoms with Gasteiger partial charge in [0.15, 0.2) is 5.13 Å². The molecule has 0 aliphatic heterocycles. The Hall–Kier alpha value is -3.59. The maximum absolute atomic E-state index is 12.2. The first-order valence-electron chi connectivity index (χ1n) is 8.27. The van der Waals surface area contributed by atoms with Crippen molar-refractivity contribution in [1.82, 2.24) is 4.98 Å². The summed E-state index contributed by atoms with van der Waals surface area (Å²) in [5.41, 5.74) is 2.84. The van der Waals surface area contributed by atoms with Crippen LogP contribution in [0.5, 0.6) is 5.75 Å². The average molecular weight is 398 g/mol. The zero-order valence-corrected chi connectivity index (χ0v) is 15.7. The lowest BCUT2D eigenvalue weighted by molar-refractivity contribution is -0.114. The average Bonchev–Trinajstić information content (AvgIpc) is 3.15. The second-order valence-corrected chi connectivity index (χ2v) is 6.54. The Labute approximate surface area is 165 Å². The lowest BCUT2D eigenvalue weighted by Crippen LogP contribution is -2.21. The zero-order valence-electron chi connectivity index (χ0n) is 14.9. The van der Waals surface area contributed by atoms with E-state index >= 15 is 0 Å². The van der Waals surface area contributed by atoms with Gasteiger partial charge in [-0.15, -0.1) is 11.3 Å². The lowest BCUT2D eigenvalue weighted by atomic mass is 10.1. The molecule has 8 nitrogen and oxygen atoms in total. The van der Waals surface area contributed by atoms with Gasteiger partial charge in [-0.3, -0.25) is 10.1 Å². The van der Waals surface area contributed by atoms with Gasteiger partial charge in [0.05, 0.1) is 19.3 Å². The predicted molar refractivity (Wildman–Crippen MR) is 109 cm³/mol. The summed E-state index contributed by atoms with van der Waals surface area (Å²) >= 11 is 1.19. The third-order valence-electron chi connectivity index (χ3n) is 3.70. The van der Waals surface area contributed by atoms with Gasteiger partial charge in [-0.2, -0.15) is 0 Å². The highest BCUT2D eigenvalue weighted by atomic mass is 32.1. The van der Waals surface area contributed by atoms with Gasteiger partial charge in [-0.1, -0.05) is 12.1 Å². The van der Waals surface area contributed by atoms with Crippen LogP contribution in [0.3, 0.4) is 0 Å². The number of carbonyl (C=O) groups excluding carboxylic acids is 1. The van der Waals surface area contributed by atoms with Crippen LogP contribution in [0.2, 0.25) is 0 Å². The van der Waals surface area contributed by atoms with Crippen molar-refractivity contribution in [2.45, 2.75) is 0 Å². The number of hydrogen-bond acceptors (Lipinski definition) is 6. The number of carbonyl (C=O) groups is 2. The van der Waals surface area contributed by atoms with Gasteiger partial charge < -0.3 is 20.5 Å². The summed E-state index contributed by atoms with van der Waals surface area (Å²) in [6.45, 7) is 0.111. The molecule has 0 spiro atoms. The van der Waals surface area contributed by atoms with E-state index in [4.69, 9.17) is 9.84 Å². The van der Waals surface area contributed by atoms with E-state index in [1.807, 2.05) is 30.3 Å². The number of hydrogen-bond donors (Lipinski definition) is 4. The second kappa shape index (κ2) is 8.87. The monoisotopic (exact) mass is 398 g/mol. The maximum atomic E-state index is 12.2. The Morgan fingerprint density at radius 2 is 1.89 bits per heavy atom. The molecule has 0 atom stereocenters. The second-order valence-electron chi connectivity index (χ2n) is 5.68. The number of nitrogens with zero attached hydrogens (tertiary/aromatic N) is 1. The smallest absolute Gasteiger partial charge is 0.410 e. The van der Waals surface area contributed by atoms with Gasteiger partial charge in [0.1, 0.15) is 5.75 Å². The molecule has 0 unspecified atom stereocenters. The Bertz CT molecular complexity index is 972. The van der Waals surface area contributed by atoms with Gasteiger partial charge in [-0.25, -0.2) is 9.78 Å². The summed E-state index contributed by atoms with van der Waals surface area (Å²) in [5.74, 6) is 0.551. The molecule has 0 aliphatic rings. The number of amides is 2. The van der Waals surface area contributed by atoms with Crippen molar-refractivity contribution in [2.24, 2.45) is 0 Å². The normalized spacial score (nSPS) is 10.2. The Morgan fingerprint density at radius 1 is 1.11 bits per heavy atom. The molecule has 2 aromatic carbocycles. The first-order chi connectivity index (χ1) is 13.5. The van der Waals surface area contributed by atoms with Crippen LogP contribution in [0.4, 0.5) is 21.3 Å². The van der Waals surface area contributed by atoms with Crippen LogP contribution in [0.25, 0.3) is 11.3 Å². The van der Waals surface area contributed by atoms with Crippen molar-refractivity contribution in [2.75, 3.05) is 29.6 Å². The van der Waals surface area contributed by atoms with Crippen LogP contribution >= 0.6 is 11.3 Å². The Morgan fingerprint density at radius 3 is 2.61 bits per heavy atom. The number of methoxy groups -OCH3 is 1. The number of ether oxygens (including phenoxy) is 1. The van der Waals surface area contributed by atoms with Crippen LogP contribution in [0.1, 0.15) is 0 Å². The molecule has 4 N–H and O–H groups in total. The molecule has 3 aromatic rings. The van der Waals surface area contributed by atoms with E-state index in [2.05, 4.69) is 20.9 Å². The highest BCUT2D eigenvalue weighted by Crippen LogP contribution is 2.26. The van der Waals surface area contributed by atoms with Crippen molar-refractivity contribution in [1.29, 1.82) is 0 Å². The van der Waals surface area contributed by atoms with Gasteiger partial charge in [0.2, 0.25) is 5.91 Å². The van der Waals surface area contributed by atoms with Crippen LogP contribution < -0.4 is 20.7 Å². The van der Waals surface area contributed by atoms with Gasteiger partial charge in [0, 0.05) is 22.3 Å². The van der Waals surface area contributed by atoms with Crippen molar-refractivity contribution in [3.05, 3.63) is 53.9 Å². The van der Waals surface area contributed by atoms with E-state index in [1.165, 1.54) is 11.3 Å². The first kappa shape index (κ1) is 19.2. The topological polar surface area (TPSA) is 113 Å². The standard InChI is InChI=1S/C19H18N4O4S/c1-27-15-7-5-13(6-8-15)20-10-17(24)21-14-4-2-3-12(9-14)16-11-28-18(22-16)23-19(25)26/h2-9,11,20H,10H2,1H3,(H,21,24)(H,22,23)(H,25,26). The van der Waals surface area contributed by atoms with Crippen molar-refractivity contribution in [3.63, 3.8) is 0 Å². The molecule has 0 radical (unpaired) electrons. The molecule has 0 bridgehead atoms. The fraction of sp³-hybridized carbons (Fsp3) is 0.105. The summed E-state index contributed by atoms with van der Waals surface area (Å²) in [6.07, 6.45) is -1.16. The molecule has 28 heavy (non-hydrogen) atoms. The largest absolute Gasteiger partial charge is 0.497 e. The van der Waals surface area contributed by atoms with Crippen LogP contribution in [-0.2, 0) is 4.79 Å². The van der Waals surface area contributed by atoms with Gasteiger partial charge in [0.25, 0.3) is 0 Å². The van der Waals surface area contributed by atoms with E-state index in [0.717, 1.165) is 17.0 Å².